The quantitative estimate of drug-likeness (QED) is 0.240. The van der Waals surface area contributed by atoms with Gasteiger partial charge in [0.25, 0.3) is 10.0 Å². The van der Waals surface area contributed by atoms with E-state index in [9.17, 15) is 18.0 Å². The highest BCUT2D eigenvalue weighted by Gasteiger charge is 2.33. The molecule has 0 radical (unpaired) electrons. The molecule has 1 N–H and O–H groups in total. The maximum Gasteiger partial charge on any atom is 0.264 e. The Bertz CT molecular complexity index is 1590. The monoisotopic (exact) mass is 663 g/mol. The minimum atomic E-state index is -4.32. The highest BCUT2D eigenvalue weighted by molar-refractivity contribution is 7.92. The second-order valence-electron chi connectivity index (χ2n) is 11.0. The van der Waals surface area contributed by atoms with Gasteiger partial charge in [-0.2, -0.15) is 0 Å². The fourth-order valence-electron chi connectivity index (χ4n) is 4.60. The van der Waals surface area contributed by atoms with Gasteiger partial charge in [-0.3, -0.25) is 13.9 Å². The first kappa shape index (κ1) is 35.0. The molecule has 0 aliphatic rings. The van der Waals surface area contributed by atoms with Crippen molar-refractivity contribution in [2.75, 3.05) is 31.6 Å². The number of anilines is 1. The smallest absolute Gasteiger partial charge is 0.264 e. The van der Waals surface area contributed by atoms with E-state index in [0.717, 1.165) is 15.4 Å². The summed E-state index contributed by atoms with van der Waals surface area (Å²) < 4.78 is 40.2. The van der Waals surface area contributed by atoms with Crippen molar-refractivity contribution in [3.8, 4) is 11.5 Å². The molecule has 0 saturated heterocycles. The number of halogens is 2. The van der Waals surface area contributed by atoms with Crippen molar-refractivity contribution in [2.45, 2.75) is 52.1 Å². The van der Waals surface area contributed by atoms with Gasteiger partial charge in [0.1, 0.15) is 12.6 Å². The molecule has 44 heavy (non-hydrogen) atoms. The number of carbonyl (C=O) groups is 2. The van der Waals surface area contributed by atoms with Crippen LogP contribution in [0.4, 0.5) is 5.69 Å². The number of methoxy groups -OCH3 is 2. The number of aryl methyl sites for hydroxylation is 2. The second-order valence-corrected chi connectivity index (χ2v) is 13.6. The van der Waals surface area contributed by atoms with Crippen molar-refractivity contribution >= 4 is 50.7 Å². The molecular formula is C32H39Cl2N3O6S. The minimum Gasteiger partial charge on any atom is -0.493 e. The van der Waals surface area contributed by atoms with Gasteiger partial charge < -0.3 is 19.7 Å². The van der Waals surface area contributed by atoms with Crippen molar-refractivity contribution in [1.82, 2.24) is 10.2 Å². The van der Waals surface area contributed by atoms with Crippen molar-refractivity contribution in [3.05, 3.63) is 81.3 Å². The summed E-state index contributed by atoms with van der Waals surface area (Å²) in [5, 5.41) is 3.50. The van der Waals surface area contributed by atoms with Crippen molar-refractivity contribution in [2.24, 2.45) is 5.92 Å². The molecule has 12 heteroatoms. The van der Waals surface area contributed by atoms with Crippen LogP contribution in [0.2, 0.25) is 10.0 Å². The fraction of sp³-hybridized carbons (Fsp3) is 0.375. The van der Waals surface area contributed by atoms with Crippen LogP contribution in [-0.4, -0.2) is 58.5 Å². The van der Waals surface area contributed by atoms with Crippen molar-refractivity contribution in [1.29, 1.82) is 0 Å². The number of rotatable bonds is 13. The van der Waals surface area contributed by atoms with Crippen molar-refractivity contribution < 1.29 is 27.5 Å². The summed E-state index contributed by atoms with van der Waals surface area (Å²) in [6.45, 7) is 9.05. The summed E-state index contributed by atoms with van der Waals surface area (Å²) in [7, 11) is -1.45. The summed E-state index contributed by atoms with van der Waals surface area (Å²) in [5.41, 5.74) is 2.55. The molecule has 3 aromatic rings. The van der Waals surface area contributed by atoms with Crippen LogP contribution in [-0.2, 0) is 26.2 Å². The Labute approximate surface area is 270 Å². The summed E-state index contributed by atoms with van der Waals surface area (Å²) >= 11 is 12.4. The van der Waals surface area contributed by atoms with Gasteiger partial charge in [-0.15, -0.1) is 0 Å². The number of hydrogen-bond donors (Lipinski definition) is 1. The maximum atomic E-state index is 14.3. The number of ether oxygens (including phenoxy) is 2. The standard InChI is InChI=1S/C32H39Cl2N3O6S/c1-20(2)17-35-32(39)23(5)36(18-24-8-10-27(33)28(34)15-24)31(38)19-37(25-13-21(3)12-22(4)14-25)44(40,41)26-9-11-29(42-6)30(16-26)43-7/h8-16,20,23H,17-19H2,1-7H3,(H,35,39)/t23-/m1/s1. The van der Waals surface area contributed by atoms with Crippen LogP contribution in [0.15, 0.2) is 59.5 Å². The van der Waals surface area contributed by atoms with E-state index in [-0.39, 0.29) is 29.0 Å². The summed E-state index contributed by atoms with van der Waals surface area (Å²) in [5.74, 6) is -0.192. The van der Waals surface area contributed by atoms with Crippen LogP contribution in [0, 0.1) is 19.8 Å². The van der Waals surface area contributed by atoms with Crippen LogP contribution in [0.1, 0.15) is 37.5 Å². The molecule has 3 rings (SSSR count). The number of sulfonamides is 1. The zero-order valence-electron chi connectivity index (χ0n) is 26.0. The van der Waals surface area contributed by atoms with E-state index in [4.69, 9.17) is 32.7 Å². The molecule has 238 valence electrons. The number of hydrogen-bond acceptors (Lipinski definition) is 6. The molecular weight excluding hydrogens is 625 g/mol. The average molecular weight is 665 g/mol. The molecule has 0 fully saturated rings. The van der Waals surface area contributed by atoms with Gasteiger partial charge in [0.15, 0.2) is 11.5 Å². The van der Waals surface area contributed by atoms with Gasteiger partial charge >= 0.3 is 0 Å². The normalized spacial score (nSPS) is 12.0. The Morgan fingerprint density at radius 2 is 1.50 bits per heavy atom. The number of nitrogens with one attached hydrogen (secondary N) is 1. The van der Waals surface area contributed by atoms with Gasteiger partial charge in [-0.05, 0) is 79.8 Å². The van der Waals surface area contributed by atoms with E-state index in [1.54, 1.807) is 37.3 Å². The van der Waals surface area contributed by atoms with Crippen LogP contribution in [0.25, 0.3) is 0 Å². The van der Waals surface area contributed by atoms with Crippen LogP contribution in [0.3, 0.4) is 0 Å². The zero-order valence-corrected chi connectivity index (χ0v) is 28.3. The van der Waals surface area contributed by atoms with Gasteiger partial charge in [0, 0.05) is 19.2 Å². The van der Waals surface area contributed by atoms with Gasteiger partial charge in [0.2, 0.25) is 11.8 Å². The zero-order chi connectivity index (χ0) is 32.8. The van der Waals surface area contributed by atoms with E-state index in [1.807, 2.05) is 33.8 Å². The minimum absolute atomic E-state index is 0.0108. The lowest BCUT2D eigenvalue weighted by atomic mass is 10.1. The molecule has 2 amide bonds. The second kappa shape index (κ2) is 15.0. The molecule has 0 heterocycles. The highest BCUT2D eigenvalue weighted by Crippen LogP contribution is 2.33. The Balaban J connectivity index is 2.11. The van der Waals surface area contributed by atoms with Crippen LogP contribution >= 0.6 is 23.2 Å². The van der Waals surface area contributed by atoms with Gasteiger partial charge in [-0.1, -0.05) is 49.2 Å². The predicted molar refractivity (Wildman–Crippen MR) is 174 cm³/mol. The predicted octanol–water partition coefficient (Wildman–Crippen LogP) is 6.01. The first-order valence-corrected chi connectivity index (χ1v) is 16.2. The first-order chi connectivity index (χ1) is 20.7. The molecule has 0 aliphatic heterocycles. The number of carbonyl (C=O) groups excluding carboxylic acids is 2. The van der Waals surface area contributed by atoms with E-state index in [0.29, 0.717) is 33.6 Å². The summed E-state index contributed by atoms with van der Waals surface area (Å²) in [6.07, 6.45) is 0. The van der Waals surface area contributed by atoms with E-state index in [2.05, 4.69) is 5.32 Å². The summed E-state index contributed by atoms with van der Waals surface area (Å²) in [6, 6.07) is 13.5. The molecule has 0 aromatic heterocycles. The third-order valence-corrected chi connectivity index (χ3v) is 9.41. The van der Waals surface area contributed by atoms with Crippen molar-refractivity contribution in [3.63, 3.8) is 0 Å². The largest absolute Gasteiger partial charge is 0.493 e. The van der Waals surface area contributed by atoms with Gasteiger partial charge in [-0.25, -0.2) is 8.42 Å². The lowest BCUT2D eigenvalue weighted by molar-refractivity contribution is -0.139. The van der Waals surface area contributed by atoms with Crippen LogP contribution in [0.5, 0.6) is 11.5 Å². The Kier molecular flexibility index (Phi) is 11.9. The molecule has 0 bridgehead atoms. The lowest BCUT2D eigenvalue weighted by Gasteiger charge is -2.32. The molecule has 0 saturated carbocycles. The maximum absolute atomic E-state index is 14.3. The molecule has 1 atom stereocenters. The fourth-order valence-corrected chi connectivity index (χ4v) is 6.33. The van der Waals surface area contributed by atoms with E-state index >= 15 is 0 Å². The third kappa shape index (κ3) is 8.58. The number of nitrogens with zero attached hydrogens (tertiary/aromatic N) is 2. The first-order valence-electron chi connectivity index (χ1n) is 14.0. The number of amides is 2. The van der Waals surface area contributed by atoms with E-state index in [1.165, 1.54) is 37.3 Å². The Morgan fingerprint density at radius 1 is 0.864 bits per heavy atom. The lowest BCUT2D eigenvalue weighted by Crippen LogP contribution is -2.51. The molecule has 0 unspecified atom stereocenters. The molecule has 3 aromatic carbocycles. The Hall–Kier alpha value is -3.47. The highest BCUT2D eigenvalue weighted by atomic mass is 35.5. The molecule has 0 aliphatic carbocycles. The number of benzene rings is 3. The summed E-state index contributed by atoms with van der Waals surface area (Å²) in [4.78, 5) is 28.6. The Morgan fingerprint density at radius 3 is 2.07 bits per heavy atom. The molecule has 9 nitrogen and oxygen atoms in total. The van der Waals surface area contributed by atoms with E-state index < -0.39 is 28.5 Å². The van der Waals surface area contributed by atoms with Crippen LogP contribution < -0.4 is 19.1 Å². The topological polar surface area (TPSA) is 105 Å². The third-order valence-electron chi connectivity index (χ3n) is 6.91. The average Bonchev–Trinajstić information content (AvgIpc) is 2.97. The SMILES string of the molecule is COc1ccc(S(=O)(=O)N(CC(=O)N(Cc2ccc(Cl)c(Cl)c2)[C@H](C)C(=O)NCC(C)C)c2cc(C)cc(C)c2)cc1OC. The molecule has 0 spiro atoms. The van der Waals surface area contributed by atoms with Gasteiger partial charge in [0.05, 0.1) is 34.8 Å².